The van der Waals surface area contributed by atoms with Crippen LogP contribution >= 0.6 is 0 Å². The summed E-state index contributed by atoms with van der Waals surface area (Å²) in [6.45, 7) is -0.328. The Morgan fingerprint density at radius 3 is 2.42 bits per heavy atom. The van der Waals surface area contributed by atoms with Gasteiger partial charge in [0.05, 0.1) is 17.1 Å². The number of nitrogens with one attached hydrogen (secondary N) is 1. The molecule has 0 atom stereocenters. The normalized spacial score (nSPS) is 10.7. The molecule has 0 aliphatic carbocycles. The van der Waals surface area contributed by atoms with Crippen LogP contribution in [0.4, 0.5) is 14.5 Å². The minimum Gasteiger partial charge on any atom is -0.482 e. The number of alkyl halides is 2. The number of halogens is 2. The fourth-order valence-corrected chi connectivity index (χ4v) is 2.07. The molecule has 0 saturated heterocycles. The van der Waals surface area contributed by atoms with Crippen LogP contribution in [0.3, 0.4) is 0 Å². The smallest absolute Gasteiger partial charge is 0.341 e. The molecule has 1 heterocycles. The molecule has 0 radical (unpaired) electrons. The zero-order valence-electron chi connectivity index (χ0n) is 12.9. The molecule has 1 aromatic heterocycles. The lowest BCUT2D eigenvalue weighted by Crippen LogP contribution is -2.13. The van der Waals surface area contributed by atoms with Crippen LogP contribution in [0.25, 0.3) is 0 Å². The molecule has 2 rings (SSSR count). The SMILES string of the molecule is Cc1nn(C(F)F)c(C)c1NC(=O)c1ccc(OCC(=O)O)cc1. The first-order valence-electron chi connectivity index (χ1n) is 6.89. The summed E-state index contributed by atoms with van der Waals surface area (Å²) in [6, 6.07) is 5.77. The number of ether oxygens (including phenoxy) is 1. The standard InChI is InChI=1S/C15H15F2N3O4/c1-8-13(9(2)20(19-8)15(16)17)18-14(23)10-3-5-11(6-4-10)24-7-12(21)22/h3-6,15H,7H2,1-2H3,(H,18,23)(H,21,22). The van der Waals surface area contributed by atoms with Crippen LogP contribution < -0.4 is 10.1 Å². The number of hydrogen-bond acceptors (Lipinski definition) is 4. The quantitative estimate of drug-likeness (QED) is 0.844. The maximum atomic E-state index is 12.8. The van der Waals surface area contributed by atoms with Crippen molar-refractivity contribution in [1.29, 1.82) is 0 Å². The van der Waals surface area contributed by atoms with Crippen LogP contribution in [0.1, 0.15) is 28.3 Å². The molecule has 0 bridgehead atoms. The van der Waals surface area contributed by atoms with Gasteiger partial charge in [0.2, 0.25) is 0 Å². The van der Waals surface area contributed by atoms with E-state index in [1.54, 1.807) is 0 Å². The van der Waals surface area contributed by atoms with Gasteiger partial charge in [-0.1, -0.05) is 0 Å². The fraction of sp³-hybridized carbons (Fsp3) is 0.267. The Morgan fingerprint density at radius 2 is 1.92 bits per heavy atom. The largest absolute Gasteiger partial charge is 0.482 e. The predicted molar refractivity (Wildman–Crippen MR) is 80.5 cm³/mol. The molecule has 128 valence electrons. The van der Waals surface area contributed by atoms with Crippen molar-refractivity contribution in [2.45, 2.75) is 20.4 Å². The summed E-state index contributed by atoms with van der Waals surface area (Å²) < 4.78 is 31.1. The van der Waals surface area contributed by atoms with Gasteiger partial charge in [0.25, 0.3) is 5.91 Å². The van der Waals surface area contributed by atoms with E-state index in [0.29, 0.717) is 10.4 Å². The van der Waals surface area contributed by atoms with Gasteiger partial charge in [-0.3, -0.25) is 4.79 Å². The topological polar surface area (TPSA) is 93.5 Å². The molecule has 2 N–H and O–H groups in total. The average molecular weight is 339 g/mol. The van der Waals surface area contributed by atoms with Gasteiger partial charge in [-0.05, 0) is 38.1 Å². The number of benzene rings is 1. The summed E-state index contributed by atoms with van der Waals surface area (Å²) in [4.78, 5) is 22.6. The minimum atomic E-state index is -2.79. The van der Waals surface area contributed by atoms with Crippen molar-refractivity contribution in [3.8, 4) is 5.75 Å². The highest BCUT2D eigenvalue weighted by atomic mass is 19.3. The molecule has 0 unspecified atom stereocenters. The molecule has 9 heteroatoms. The summed E-state index contributed by atoms with van der Waals surface area (Å²) in [5.41, 5.74) is 0.924. The highest BCUT2D eigenvalue weighted by Gasteiger charge is 2.19. The van der Waals surface area contributed by atoms with Crippen molar-refractivity contribution in [1.82, 2.24) is 9.78 Å². The first-order valence-corrected chi connectivity index (χ1v) is 6.89. The molecular weight excluding hydrogens is 324 g/mol. The Hall–Kier alpha value is -2.97. The van der Waals surface area contributed by atoms with E-state index in [2.05, 4.69) is 10.4 Å². The van der Waals surface area contributed by atoms with Gasteiger partial charge in [0.15, 0.2) is 6.61 Å². The molecule has 0 aliphatic heterocycles. The van der Waals surface area contributed by atoms with Crippen molar-refractivity contribution in [2.24, 2.45) is 0 Å². The van der Waals surface area contributed by atoms with E-state index in [-0.39, 0.29) is 22.6 Å². The van der Waals surface area contributed by atoms with Crippen LogP contribution in [0.5, 0.6) is 5.75 Å². The summed E-state index contributed by atoms with van der Waals surface area (Å²) in [6.07, 6.45) is 0. The Balaban J connectivity index is 2.11. The lowest BCUT2D eigenvalue weighted by atomic mass is 10.2. The van der Waals surface area contributed by atoms with E-state index in [1.807, 2.05) is 0 Å². The highest BCUT2D eigenvalue weighted by Crippen LogP contribution is 2.24. The third-order valence-corrected chi connectivity index (χ3v) is 3.23. The number of carboxylic acids is 1. The summed E-state index contributed by atoms with van der Waals surface area (Å²) in [5, 5.41) is 14.8. The predicted octanol–water partition coefficient (Wildman–Crippen LogP) is 2.61. The molecule has 7 nitrogen and oxygen atoms in total. The molecule has 2 aromatic rings. The number of carbonyl (C=O) groups is 2. The molecule has 1 aromatic carbocycles. The molecular formula is C15H15F2N3O4. The second-order valence-corrected chi connectivity index (χ2v) is 4.93. The van der Waals surface area contributed by atoms with Crippen LogP contribution in [-0.2, 0) is 4.79 Å². The van der Waals surface area contributed by atoms with E-state index in [9.17, 15) is 18.4 Å². The Labute approximate surface area is 135 Å². The third-order valence-electron chi connectivity index (χ3n) is 3.23. The van der Waals surface area contributed by atoms with E-state index in [4.69, 9.17) is 9.84 Å². The maximum absolute atomic E-state index is 12.8. The average Bonchev–Trinajstić information content (AvgIpc) is 2.81. The number of aromatic nitrogens is 2. The number of anilines is 1. The molecule has 0 spiro atoms. The van der Waals surface area contributed by atoms with E-state index in [0.717, 1.165) is 0 Å². The molecule has 1 amide bonds. The third kappa shape index (κ3) is 3.86. The van der Waals surface area contributed by atoms with Crippen LogP contribution in [0.2, 0.25) is 0 Å². The second-order valence-electron chi connectivity index (χ2n) is 4.93. The number of carbonyl (C=O) groups excluding carboxylic acids is 1. The number of carboxylic acid groups (broad SMARTS) is 1. The van der Waals surface area contributed by atoms with Crippen molar-refractivity contribution >= 4 is 17.6 Å². The van der Waals surface area contributed by atoms with Gasteiger partial charge in [0.1, 0.15) is 5.75 Å². The number of nitrogens with zero attached hydrogens (tertiary/aromatic N) is 2. The molecule has 0 fully saturated rings. The lowest BCUT2D eigenvalue weighted by molar-refractivity contribution is -0.139. The van der Waals surface area contributed by atoms with E-state index in [1.165, 1.54) is 38.1 Å². The van der Waals surface area contributed by atoms with Gasteiger partial charge >= 0.3 is 12.5 Å². The Morgan fingerprint density at radius 1 is 1.29 bits per heavy atom. The van der Waals surface area contributed by atoms with Gasteiger partial charge < -0.3 is 15.2 Å². The second kappa shape index (κ2) is 7.07. The van der Waals surface area contributed by atoms with Crippen LogP contribution in [0.15, 0.2) is 24.3 Å². The van der Waals surface area contributed by atoms with Gasteiger partial charge in [-0.15, -0.1) is 0 Å². The van der Waals surface area contributed by atoms with Crippen LogP contribution in [0, 0.1) is 13.8 Å². The summed E-state index contributed by atoms with van der Waals surface area (Å²) >= 11 is 0. The Kier molecular flexibility index (Phi) is 5.12. The molecule has 24 heavy (non-hydrogen) atoms. The van der Waals surface area contributed by atoms with Crippen molar-refractivity contribution in [3.63, 3.8) is 0 Å². The van der Waals surface area contributed by atoms with Gasteiger partial charge in [-0.25, -0.2) is 9.48 Å². The summed E-state index contributed by atoms with van der Waals surface area (Å²) in [7, 11) is 0. The number of rotatable bonds is 6. The number of aliphatic carboxylic acids is 1. The number of amides is 1. The maximum Gasteiger partial charge on any atom is 0.341 e. The molecule has 0 saturated carbocycles. The van der Waals surface area contributed by atoms with Gasteiger partial charge in [0, 0.05) is 5.56 Å². The fourth-order valence-electron chi connectivity index (χ4n) is 2.07. The van der Waals surface area contributed by atoms with Crippen molar-refractivity contribution < 1.29 is 28.2 Å². The van der Waals surface area contributed by atoms with Crippen molar-refractivity contribution in [3.05, 3.63) is 41.2 Å². The van der Waals surface area contributed by atoms with Crippen molar-refractivity contribution in [2.75, 3.05) is 11.9 Å². The monoisotopic (exact) mass is 339 g/mol. The lowest BCUT2D eigenvalue weighted by Gasteiger charge is -2.08. The van der Waals surface area contributed by atoms with E-state index >= 15 is 0 Å². The first-order chi connectivity index (χ1) is 11.3. The zero-order valence-corrected chi connectivity index (χ0v) is 12.9. The van der Waals surface area contributed by atoms with Gasteiger partial charge in [-0.2, -0.15) is 13.9 Å². The minimum absolute atomic E-state index is 0.150. The first kappa shape index (κ1) is 17.4. The summed E-state index contributed by atoms with van der Waals surface area (Å²) in [5.74, 6) is -1.31. The zero-order chi connectivity index (χ0) is 17.9. The Bertz CT molecular complexity index is 757. The number of hydrogen-bond donors (Lipinski definition) is 2. The highest BCUT2D eigenvalue weighted by molar-refractivity contribution is 6.04. The van der Waals surface area contributed by atoms with E-state index < -0.39 is 25.0 Å². The number of aryl methyl sites for hydroxylation is 1. The van der Waals surface area contributed by atoms with Crippen LogP contribution in [-0.4, -0.2) is 33.4 Å². The molecule has 0 aliphatic rings.